The third-order valence-electron chi connectivity index (χ3n) is 5.92. The van der Waals surface area contributed by atoms with Crippen molar-refractivity contribution in [3.8, 4) is 0 Å². The lowest BCUT2D eigenvalue weighted by Gasteiger charge is -2.32. The number of fused-ring (bicyclic) bond motifs is 1. The van der Waals surface area contributed by atoms with Crippen LogP contribution in [0, 0.1) is 0 Å². The second kappa shape index (κ2) is 12.9. The molecule has 0 aromatic heterocycles. The molecule has 1 aliphatic heterocycles. The molecule has 1 heterocycles. The number of nitrogens with zero attached hydrogens (tertiary/aromatic N) is 1. The number of ether oxygens (including phenoxy) is 2. The van der Waals surface area contributed by atoms with Crippen LogP contribution >= 0.6 is 0 Å². The molecule has 0 saturated carbocycles. The van der Waals surface area contributed by atoms with E-state index in [4.69, 9.17) is 9.47 Å². The number of anilines is 1. The average molecular weight is 467 g/mol. The number of amides is 1. The van der Waals surface area contributed by atoms with Gasteiger partial charge >= 0.3 is 11.9 Å². The highest BCUT2D eigenvalue weighted by Crippen LogP contribution is 2.27. The van der Waals surface area contributed by atoms with Gasteiger partial charge in [0, 0.05) is 5.69 Å². The second-order valence-electron chi connectivity index (χ2n) is 8.30. The summed E-state index contributed by atoms with van der Waals surface area (Å²) in [6.07, 6.45) is 3.28. The number of rotatable bonds is 10. The summed E-state index contributed by atoms with van der Waals surface area (Å²) >= 11 is 0. The van der Waals surface area contributed by atoms with Crippen molar-refractivity contribution < 1.29 is 23.9 Å². The van der Waals surface area contributed by atoms with Crippen molar-refractivity contribution in [1.29, 1.82) is 0 Å². The molecule has 0 saturated heterocycles. The van der Waals surface area contributed by atoms with Gasteiger partial charge in [0.2, 0.25) is 5.91 Å². The number of carbonyl (C=O) groups is 3. The molecule has 182 valence electrons. The topological polar surface area (TPSA) is 84.9 Å². The van der Waals surface area contributed by atoms with Crippen LogP contribution in [0.4, 0.5) is 5.69 Å². The highest BCUT2D eigenvalue weighted by Gasteiger charge is 2.33. The zero-order chi connectivity index (χ0) is 24.3. The summed E-state index contributed by atoms with van der Waals surface area (Å²) in [4.78, 5) is 40.3. The van der Waals surface area contributed by atoms with Crippen molar-refractivity contribution in [2.45, 2.75) is 58.0 Å². The minimum Gasteiger partial charge on any atom is -0.465 e. The number of benzene rings is 2. The lowest BCUT2D eigenvalue weighted by atomic mass is 9.97. The van der Waals surface area contributed by atoms with Crippen molar-refractivity contribution in [1.82, 2.24) is 5.32 Å². The van der Waals surface area contributed by atoms with Crippen LogP contribution in [0.15, 0.2) is 54.6 Å². The molecule has 0 bridgehead atoms. The van der Waals surface area contributed by atoms with Gasteiger partial charge in [-0.25, -0.2) is 0 Å². The number of esters is 2. The first-order valence-electron chi connectivity index (χ1n) is 12.0. The molecular weight excluding hydrogens is 432 g/mol. The lowest BCUT2D eigenvalue weighted by Crippen LogP contribution is -2.54. The molecule has 0 radical (unpaired) electrons. The predicted octanol–water partition coefficient (Wildman–Crippen LogP) is 3.44. The maximum Gasteiger partial charge on any atom is 0.326 e. The monoisotopic (exact) mass is 466 g/mol. The maximum absolute atomic E-state index is 13.7. The Kier molecular flexibility index (Phi) is 9.64. The van der Waals surface area contributed by atoms with Gasteiger partial charge in [-0.05, 0) is 63.1 Å². The molecule has 0 spiro atoms. The molecule has 0 fully saturated rings. The SMILES string of the molecule is CCOC(=O)CN1C(=O)[C@H](N[C@@H](CCc2ccccc2)C(=O)OCC)CCCc2ccccc21. The molecule has 7 heteroatoms. The van der Waals surface area contributed by atoms with Gasteiger partial charge in [0.25, 0.3) is 0 Å². The van der Waals surface area contributed by atoms with Gasteiger partial charge in [-0.1, -0.05) is 48.5 Å². The van der Waals surface area contributed by atoms with Crippen molar-refractivity contribution in [2.24, 2.45) is 0 Å². The van der Waals surface area contributed by atoms with Crippen LogP contribution < -0.4 is 10.2 Å². The normalized spacial score (nSPS) is 16.7. The molecule has 3 rings (SSSR count). The summed E-state index contributed by atoms with van der Waals surface area (Å²) in [6, 6.07) is 16.3. The molecular formula is C27H34N2O5. The number of carbonyl (C=O) groups excluding carboxylic acids is 3. The van der Waals surface area contributed by atoms with Gasteiger partial charge in [-0.15, -0.1) is 0 Å². The Morgan fingerprint density at radius 3 is 2.47 bits per heavy atom. The first-order chi connectivity index (χ1) is 16.5. The standard InChI is InChI=1S/C27H34N2O5/c1-3-33-25(30)19-29-24-16-9-8-13-21(24)14-10-15-22(26(29)31)28-23(27(32)34-4-2)18-17-20-11-6-5-7-12-20/h5-9,11-13,16,22-23,28H,3-4,10,14-15,17-19H2,1-2H3/t22-,23+/m1/s1. The second-order valence-corrected chi connectivity index (χ2v) is 8.30. The van der Waals surface area contributed by atoms with Gasteiger partial charge in [-0.3, -0.25) is 24.6 Å². The summed E-state index contributed by atoms with van der Waals surface area (Å²) in [5.41, 5.74) is 2.84. The largest absolute Gasteiger partial charge is 0.465 e. The Balaban J connectivity index is 1.82. The molecule has 1 aliphatic rings. The van der Waals surface area contributed by atoms with E-state index >= 15 is 0 Å². The zero-order valence-electron chi connectivity index (χ0n) is 20.0. The van der Waals surface area contributed by atoms with E-state index in [-0.39, 0.29) is 31.6 Å². The van der Waals surface area contributed by atoms with E-state index in [0.717, 1.165) is 24.0 Å². The smallest absolute Gasteiger partial charge is 0.326 e. The van der Waals surface area contributed by atoms with Crippen LogP contribution in [0.1, 0.15) is 44.2 Å². The minimum absolute atomic E-state index is 0.171. The van der Waals surface area contributed by atoms with Gasteiger partial charge in [0.15, 0.2) is 0 Å². The van der Waals surface area contributed by atoms with Gasteiger partial charge in [-0.2, -0.15) is 0 Å². The summed E-state index contributed by atoms with van der Waals surface area (Å²) in [5.74, 6) is -1.07. The van der Waals surface area contributed by atoms with E-state index in [9.17, 15) is 14.4 Å². The molecule has 2 aromatic rings. The Morgan fingerprint density at radius 2 is 1.74 bits per heavy atom. The van der Waals surface area contributed by atoms with Crippen LogP contribution in [-0.4, -0.2) is 49.7 Å². The predicted molar refractivity (Wildman–Crippen MR) is 130 cm³/mol. The third-order valence-corrected chi connectivity index (χ3v) is 5.92. The number of aryl methyl sites for hydroxylation is 2. The Morgan fingerprint density at radius 1 is 1.03 bits per heavy atom. The fourth-order valence-corrected chi connectivity index (χ4v) is 4.28. The number of hydrogen-bond donors (Lipinski definition) is 1. The van der Waals surface area contributed by atoms with Crippen molar-refractivity contribution in [3.05, 3.63) is 65.7 Å². The highest BCUT2D eigenvalue weighted by atomic mass is 16.5. The summed E-state index contributed by atoms with van der Waals surface area (Å²) in [7, 11) is 0. The first-order valence-corrected chi connectivity index (χ1v) is 12.0. The first kappa shape index (κ1) is 25.4. The van der Waals surface area contributed by atoms with E-state index in [1.165, 1.54) is 4.90 Å². The van der Waals surface area contributed by atoms with Gasteiger partial charge in [0.1, 0.15) is 12.6 Å². The summed E-state index contributed by atoms with van der Waals surface area (Å²) < 4.78 is 10.4. The van der Waals surface area contributed by atoms with E-state index in [1.54, 1.807) is 13.8 Å². The van der Waals surface area contributed by atoms with Crippen LogP contribution in [0.3, 0.4) is 0 Å². The van der Waals surface area contributed by atoms with Gasteiger partial charge < -0.3 is 9.47 Å². The van der Waals surface area contributed by atoms with E-state index in [1.807, 2.05) is 54.6 Å². The average Bonchev–Trinajstić information content (AvgIpc) is 2.84. The molecule has 34 heavy (non-hydrogen) atoms. The third kappa shape index (κ3) is 6.90. The lowest BCUT2D eigenvalue weighted by molar-refractivity contribution is -0.146. The molecule has 1 amide bonds. The molecule has 2 aromatic carbocycles. The maximum atomic E-state index is 13.7. The molecule has 7 nitrogen and oxygen atoms in total. The van der Waals surface area contributed by atoms with Gasteiger partial charge in [0.05, 0.1) is 19.3 Å². The molecule has 0 aliphatic carbocycles. The van der Waals surface area contributed by atoms with Crippen LogP contribution in [-0.2, 0) is 36.7 Å². The van der Waals surface area contributed by atoms with Crippen molar-refractivity contribution >= 4 is 23.5 Å². The van der Waals surface area contributed by atoms with E-state index < -0.39 is 18.1 Å². The Bertz CT molecular complexity index is 963. The fraction of sp³-hybridized carbons (Fsp3) is 0.444. The zero-order valence-corrected chi connectivity index (χ0v) is 20.0. The molecule has 1 N–H and O–H groups in total. The summed E-state index contributed by atoms with van der Waals surface area (Å²) in [5, 5.41) is 3.28. The Hall–Kier alpha value is -3.19. The molecule has 0 unspecified atom stereocenters. The van der Waals surface area contributed by atoms with Crippen molar-refractivity contribution in [3.63, 3.8) is 0 Å². The minimum atomic E-state index is -0.631. The molecule has 2 atom stereocenters. The van der Waals surface area contributed by atoms with E-state index in [2.05, 4.69) is 5.32 Å². The highest BCUT2D eigenvalue weighted by molar-refractivity contribution is 6.01. The van der Waals surface area contributed by atoms with Crippen LogP contribution in [0.25, 0.3) is 0 Å². The fourth-order valence-electron chi connectivity index (χ4n) is 4.28. The number of nitrogens with one attached hydrogen (secondary N) is 1. The number of para-hydroxylation sites is 1. The van der Waals surface area contributed by atoms with Crippen LogP contribution in [0.2, 0.25) is 0 Å². The van der Waals surface area contributed by atoms with Crippen molar-refractivity contribution in [2.75, 3.05) is 24.7 Å². The quantitative estimate of drug-likeness (QED) is 0.540. The Labute approximate surface area is 201 Å². The summed E-state index contributed by atoms with van der Waals surface area (Å²) in [6.45, 7) is 3.85. The number of hydrogen-bond acceptors (Lipinski definition) is 6. The van der Waals surface area contributed by atoms with E-state index in [0.29, 0.717) is 24.9 Å². The van der Waals surface area contributed by atoms with Crippen LogP contribution in [0.5, 0.6) is 0 Å².